The minimum absolute atomic E-state index is 0.0921. The van der Waals surface area contributed by atoms with Crippen LogP contribution < -0.4 is 0 Å². The molecule has 108 valence electrons. The highest BCUT2D eigenvalue weighted by atomic mass is 16.6. The number of benzene rings is 1. The molecule has 0 radical (unpaired) electrons. The van der Waals surface area contributed by atoms with Crippen LogP contribution in [0.5, 0.6) is 0 Å². The molecule has 2 rings (SSSR count). The fourth-order valence-corrected chi connectivity index (χ4v) is 2.14. The summed E-state index contributed by atoms with van der Waals surface area (Å²) in [6.45, 7) is 6.43. The van der Waals surface area contributed by atoms with Gasteiger partial charge in [0.1, 0.15) is 5.60 Å². The minimum atomic E-state index is -0.521. The summed E-state index contributed by atoms with van der Waals surface area (Å²) in [6, 6.07) is 4.77. The number of carbonyl (C=O) groups is 1. The van der Waals surface area contributed by atoms with Crippen molar-refractivity contribution < 1.29 is 14.5 Å². The summed E-state index contributed by atoms with van der Waals surface area (Å²) in [5, 5.41) is 10.7. The van der Waals surface area contributed by atoms with Gasteiger partial charge in [0.05, 0.1) is 4.92 Å². The SMILES string of the molecule is CC(C)(C)OC(=O)N1CCc2cc([N+](=O)[O-])ccc2C1. The number of nitrogens with zero attached hydrogens (tertiary/aromatic N) is 2. The topological polar surface area (TPSA) is 72.7 Å². The number of carbonyl (C=O) groups excluding carboxylic acids is 1. The smallest absolute Gasteiger partial charge is 0.410 e. The van der Waals surface area contributed by atoms with Crippen LogP contribution in [0.2, 0.25) is 0 Å². The number of nitro benzene ring substituents is 1. The van der Waals surface area contributed by atoms with Gasteiger partial charge in [-0.15, -0.1) is 0 Å². The molecule has 0 bridgehead atoms. The zero-order valence-electron chi connectivity index (χ0n) is 11.9. The molecule has 1 aliphatic rings. The molecule has 20 heavy (non-hydrogen) atoms. The Morgan fingerprint density at radius 1 is 1.35 bits per heavy atom. The van der Waals surface area contributed by atoms with E-state index in [0.717, 1.165) is 11.1 Å². The molecule has 0 fully saturated rings. The average molecular weight is 278 g/mol. The second kappa shape index (κ2) is 5.11. The third-order valence-electron chi connectivity index (χ3n) is 3.06. The summed E-state index contributed by atoms with van der Waals surface area (Å²) in [5.74, 6) is 0. The molecule has 0 atom stereocenters. The normalized spacial score (nSPS) is 14.7. The maximum Gasteiger partial charge on any atom is 0.410 e. The Morgan fingerprint density at radius 3 is 2.65 bits per heavy atom. The Balaban J connectivity index is 2.12. The molecule has 0 unspecified atom stereocenters. The zero-order chi connectivity index (χ0) is 14.9. The molecule has 1 heterocycles. The summed E-state index contributed by atoms with van der Waals surface area (Å²) in [6.07, 6.45) is 0.262. The number of hydrogen-bond acceptors (Lipinski definition) is 4. The molecular formula is C14H18N2O4. The zero-order valence-corrected chi connectivity index (χ0v) is 11.9. The van der Waals surface area contributed by atoms with Crippen molar-refractivity contribution >= 4 is 11.8 Å². The van der Waals surface area contributed by atoms with Crippen LogP contribution in [0.3, 0.4) is 0 Å². The molecule has 0 saturated heterocycles. The molecule has 0 spiro atoms. The average Bonchev–Trinajstić information content (AvgIpc) is 2.35. The minimum Gasteiger partial charge on any atom is -0.444 e. The van der Waals surface area contributed by atoms with Crippen molar-refractivity contribution in [1.29, 1.82) is 0 Å². The van der Waals surface area contributed by atoms with E-state index in [9.17, 15) is 14.9 Å². The maximum absolute atomic E-state index is 12.0. The second-order valence-electron chi connectivity index (χ2n) is 5.86. The Kier molecular flexibility index (Phi) is 3.65. The maximum atomic E-state index is 12.0. The van der Waals surface area contributed by atoms with Gasteiger partial charge in [-0.05, 0) is 38.3 Å². The predicted molar refractivity (Wildman–Crippen MR) is 73.4 cm³/mol. The van der Waals surface area contributed by atoms with Crippen LogP contribution in [0.15, 0.2) is 18.2 Å². The molecular weight excluding hydrogens is 260 g/mol. The van der Waals surface area contributed by atoms with Gasteiger partial charge in [0.15, 0.2) is 0 Å². The Bertz CT molecular complexity index is 549. The van der Waals surface area contributed by atoms with Crippen molar-refractivity contribution in [2.45, 2.75) is 39.3 Å². The van der Waals surface area contributed by atoms with Crippen molar-refractivity contribution in [3.63, 3.8) is 0 Å². The molecule has 0 saturated carbocycles. The van der Waals surface area contributed by atoms with E-state index in [2.05, 4.69) is 0 Å². The molecule has 6 heteroatoms. The summed E-state index contributed by atoms with van der Waals surface area (Å²) in [7, 11) is 0. The van der Waals surface area contributed by atoms with Gasteiger partial charge >= 0.3 is 6.09 Å². The lowest BCUT2D eigenvalue weighted by Gasteiger charge is -2.31. The van der Waals surface area contributed by atoms with Gasteiger partial charge in [0, 0.05) is 25.2 Å². The Morgan fingerprint density at radius 2 is 2.05 bits per heavy atom. The first kappa shape index (κ1) is 14.3. The van der Waals surface area contributed by atoms with Crippen molar-refractivity contribution in [3.05, 3.63) is 39.4 Å². The third-order valence-corrected chi connectivity index (χ3v) is 3.06. The van der Waals surface area contributed by atoms with E-state index >= 15 is 0 Å². The van der Waals surface area contributed by atoms with Crippen LogP contribution in [0.1, 0.15) is 31.9 Å². The fourth-order valence-electron chi connectivity index (χ4n) is 2.14. The van der Waals surface area contributed by atoms with E-state index in [0.29, 0.717) is 19.5 Å². The summed E-state index contributed by atoms with van der Waals surface area (Å²) in [5.41, 5.74) is 1.44. The lowest BCUT2D eigenvalue weighted by molar-refractivity contribution is -0.384. The highest BCUT2D eigenvalue weighted by molar-refractivity contribution is 5.68. The monoisotopic (exact) mass is 278 g/mol. The van der Waals surface area contributed by atoms with Crippen LogP contribution in [-0.4, -0.2) is 28.1 Å². The Hall–Kier alpha value is -2.11. The van der Waals surface area contributed by atoms with Crippen LogP contribution in [0.25, 0.3) is 0 Å². The summed E-state index contributed by atoms with van der Waals surface area (Å²) >= 11 is 0. The molecule has 1 aromatic carbocycles. The molecule has 1 aliphatic heterocycles. The molecule has 0 aliphatic carbocycles. The van der Waals surface area contributed by atoms with E-state index in [1.807, 2.05) is 20.8 Å². The van der Waals surface area contributed by atoms with Gasteiger partial charge in [-0.2, -0.15) is 0 Å². The van der Waals surface area contributed by atoms with Crippen molar-refractivity contribution in [2.24, 2.45) is 0 Å². The standard InChI is InChI=1S/C14H18N2O4/c1-14(2,3)20-13(17)15-7-6-10-8-12(16(18)19)5-4-11(10)9-15/h4-5,8H,6-7,9H2,1-3H3. The van der Waals surface area contributed by atoms with Gasteiger partial charge in [-0.3, -0.25) is 10.1 Å². The number of amides is 1. The highest BCUT2D eigenvalue weighted by Gasteiger charge is 2.26. The number of fused-ring (bicyclic) bond motifs is 1. The van der Waals surface area contributed by atoms with E-state index in [-0.39, 0.29) is 11.8 Å². The summed E-state index contributed by atoms with van der Waals surface area (Å²) in [4.78, 5) is 24.0. The fraction of sp³-hybridized carbons (Fsp3) is 0.500. The molecule has 1 amide bonds. The second-order valence-corrected chi connectivity index (χ2v) is 5.86. The lowest BCUT2D eigenvalue weighted by atomic mass is 9.99. The molecule has 6 nitrogen and oxygen atoms in total. The molecule has 1 aromatic rings. The third kappa shape index (κ3) is 3.26. The van der Waals surface area contributed by atoms with Crippen LogP contribution >= 0.6 is 0 Å². The van der Waals surface area contributed by atoms with Crippen LogP contribution in [-0.2, 0) is 17.7 Å². The predicted octanol–water partition coefficient (Wildman–Crippen LogP) is 2.89. The number of hydrogen-bond donors (Lipinski definition) is 0. The quantitative estimate of drug-likeness (QED) is 0.585. The first-order chi connectivity index (χ1) is 9.26. The van der Waals surface area contributed by atoms with E-state index in [1.54, 1.807) is 17.0 Å². The Labute approximate surface area is 117 Å². The lowest BCUT2D eigenvalue weighted by Crippen LogP contribution is -2.39. The first-order valence-corrected chi connectivity index (χ1v) is 6.50. The van der Waals surface area contributed by atoms with E-state index in [1.165, 1.54) is 6.07 Å². The van der Waals surface area contributed by atoms with Crippen LogP contribution in [0, 0.1) is 10.1 Å². The van der Waals surface area contributed by atoms with Crippen LogP contribution in [0.4, 0.5) is 10.5 Å². The van der Waals surface area contributed by atoms with Gasteiger partial charge in [0.25, 0.3) is 5.69 Å². The van der Waals surface area contributed by atoms with E-state index in [4.69, 9.17) is 4.74 Å². The number of nitro groups is 1. The molecule has 0 aromatic heterocycles. The number of non-ortho nitro benzene ring substituents is 1. The largest absolute Gasteiger partial charge is 0.444 e. The van der Waals surface area contributed by atoms with E-state index < -0.39 is 10.5 Å². The van der Waals surface area contributed by atoms with Crippen molar-refractivity contribution in [3.8, 4) is 0 Å². The van der Waals surface area contributed by atoms with Gasteiger partial charge in [0.2, 0.25) is 0 Å². The number of rotatable bonds is 1. The van der Waals surface area contributed by atoms with Crippen molar-refractivity contribution in [1.82, 2.24) is 4.90 Å². The molecule has 0 N–H and O–H groups in total. The number of ether oxygens (including phenoxy) is 1. The first-order valence-electron chi connectivity index (χ1n) is 6.50. The van der Waals surface area contributed by atoms with Gasteiger partial charge in [-0.1, -0.05) is 6.07 Å². The van der Waals surface area contributed by atoms with Gasteiger partial charge < -0.3 is 9.64 Å². The summed E-state index contributed by atoms with van der Waals surface area (Å²) < 4.78 is 5.33. The van der Waals surface area contributed by atoms with Gasteiger partial charge in [-0.25, -0.2) is 4.79 Å². The highest BCUT2D eigenvalue weighted by Crippen LogP contribution is 2.24. The van der Waals surface area contributed by atoms with Crippen molar-refractivity contribution in [2.75, 3.05) is 6.54 Å².